The zero-order valence-corrected chi connectivity index (χ0v) is 12.0. The van der Waals surface area contributed by atoms with Crippen LogP contribution in [0.15, 0.2) is 38.5 Å². The molecule has 7 heteroatoms. The summed E-state index contributed by atoms with van der Waals surface area (Å²) in [5, 5.41) is 0. The monoisotopic (exact) mass is 286 g/mol. The molecule has 0 atom stereocenters. The maximum atomic E-state index is 12.2. The lowest BCUT2D eigenvalue weighted by Crippen LogP contribution is -2.42. The van der Waals surface area contributed by atoms with Crippen molar-refractivity contribution in [1.82, 2.24) is 14.0 Å². The van der Waals surface area contributed by atoms with E-state index in [1.165, 1.54) is 18.5 Å². The molecule has 1 aromatic heterocycles. The second kappa shape index (κ2) is 4.41. The Balaban J connectivity index is 2.25. The predicted molar refractivity (Wildman–Crippen MR) is 77.5 cm³/mol. The molecule has 0 fully saturated rings. The maximum Gasteiger partial charge on any atom is 0.332 e. The van der Waals surface area contributed by atoms with Crippen molar-refractivity contribution in [3.8, 4) is 0 Å². The smallest absolute Gasteiger partial charge is 0.328 e. The summed E-state index contributed by atoms with van der Waals surface area (Å²) in [6, 6.07) is 0. The Labute approximate surface area is 120 Å². The van der Waals surface area contributed by atoms with E-state index >= 15 is 0 Å². The molecule has 7 nitrogen and oxygen atoms in total. The largest absolute Gasteiger partial charge is 0.332 e. The summed E-state index contributed by atoms with van der Waals surface area (Å²) in [6.45, 7) is 1.81. The quantitative estimate of drug-likeness (QED) is 0.726. The number of allylic oxidation sites excluding steroid dienone is 2. The lowest BCUT2D eigenvalue weighted by molar-refractivity contribution is -0.113. The summed E-state index contributed by atoms with van der Waals surface area (Å²) < 4.78 is 2.42. The van der Waals surface area contributed by atoms with Crippen LogP contribution in [-0.2, 0) is 25.4 Å². The number of aromatic nitrogens is 2. The minimum Gasteiger partial charge on any atom is -0.328 e. The highest BCUT2D eigenvalue weighted by molar-refractivity contribution is 6.07. The Hall–Kier alpha value is -2.70. The van der Waals surface area contributed by atoms with E-state index in [1.807, 2.05) is 0 Å². The zero-order valence-electron chi connectivity index (χ0n) is 12.0. The third-order valence-electron chi connectivity index (χ3n) is 3.69. The van der Waals surface area contributed by atoms with Crippen molar-refractivity contribution in [2.45, 2.75) is 13.5 Å². The molecule has 0 amide bonds. The van der Waals surface area contributed by atoms with E-state index in [1.54, 1.807) is 30.3 Å². The molecule has 108 valence electrons. The maximum absolute atomic E-state index is 12.2. The van der Waals surface area contributed by atoms with Gasteiger partial charge in [0.25, 0.3) is 5.56 Å². The van der Waals surface area contributed by atoms with Gasteiger partial charge >= 0.3 is 5.69 Å². The molecule has 21 heavy (non-hydrogen) atoms. The van der Waals surface area contributed by atoms with Crippen molar-refractivity contribution in [3.63, 3.8) is 0 Å². The topological polar surface area (TPSA) is 76.7 Å². The van der Waals surface area contributed by atoms with Crippen LogP contribution >= 0.6 is 0 Å². The fraction of sp³-hybridized carbons (Fsp3) is 0.286. The summed E-state index contributed by atoms with van der Waals surface area (Å²) in [5.74, 6) is 0.847. The van der Waals surface area contributed by atoms with E-state index in [2.05, 4.69) is 4.99 Å². The molecule has 0 aliphatic carbocycles. The van der Waals surface area contributed by atoms with Crippen LogP contribution in [0.25, 0.3) is 0 Å². The normalized spacial score (nSPS) is 16.0. The molecule has 0 saturated heterocycles. The summed E-state index contributed by atoms with van der Waals surface area (Å²) >= 11 is 0. The lowest BCUT2D eigenvalue weighted by Gasteiger charge is -2.28. The number of hydrogen-bond acceptors (Lipinski definition) is 5. The molecular formula is C14H14N4O3. The summed E-state index contributed by atoms with van der Waals surface area (Å²) in [5.41, 5.74) is 0.249. The summed E-state index contributed by atoms with van der Waals surface area (Å²) in [7, 11) is 3.03. The first-order chi connectivity index (χ1) is 9.90. The molecule has 0 saturated carbocycles. The lowest BCUT2D eigenvalue weighted by atomic mass is 10.1. The van der Waals surface area contributed by atoms with E-state index < -0.39 is 5.69 Å². The molecule has 3 heterocycles. The van der Waals surface area contributed by atoms with Gasteiger partial charge in [-0.2, -0.15) is 0 Å². The fourth-order valence-electron chi connectivity index (χ4n) is 2.43. The van der Waals surface area contributed by atoms with E-state index in [-0.39, 0.29) is 11.3 Å². The standard InChI is InChI=1S/C14H14N4O3/c1-8(19)9-4-5-18-7-10-12(15-11(18)6-9)16(2)14(21)17(3)13(10)20/h4-6H,7H2,1-3H3. The van der Waals surface area contributed by atoms with Gasteiger partial charge < -0.3 is 4.90 Å². The first-order valence-corrected chi connectivity index (χ1v) is 6.45. The van der Waals surface area contributed by atoms with E-state index in [0.29, 0.717) is 29.3 Å². The van der Waals surface area contributed by atoms with Crippen LogP contribution in [0.5, 0.6) is 0 Å². The van der Waals surface area contributed by atoms with Crippen LogP contribution in [0.1, 0.15) is 12.5 Å². The van der Waals surface area contributed by atoms with Crippen LogP contribution in [0, 0.1) is 0 Å². The van der Waals surface area contributed by atoms with Crippen LogP contribution in [0.3, 0.4) is 0 Å². The van der Waals surface area contributed by atoms with E-state index in [0.717, 1.165) is 4.57 Å². The molecule has 0 unspecified atom stereocenters. The molecule has 0 N–H and O–H groups in total. The number of aliphatic imine (C=N–C) groups is 1. The SMILES string of the molecule is CC(=O)C1=CC2=Nc3c(c(=O)n(C)c(=O)n3C)CN2C=C1. The summed E-state index contributed by atoms with van der Waals surface area (Å²) in [4.78, 5) is 41.7. The molecule has 2 aliphatic heterocycles. The van der Waals surface area contributed by atoms with Gasteiger partial charge in [0, 0.05) is 25.9 Å². The number of Topliss-reactive ketones (excluding diaryl/α,β-unsaturated/α-hetero) is 1. The average molecular weight is 286 g/mol. The Morgan fingerprint density at radius 3 is 2.62 bits per heavy atom. The predicted octanol–water partition coefficient (Wildman–Crippen LogP) is -0.0277. The number of fused-ring (bicyclic) bond motifs is 2. The third-order valence-corrected chi connectivity index (χ3v) is 3.69. The molecule has 0 aromatic carbocycles. The van der Waals surface area contributed by atoms with Gasteiger partial charge in [-0.25, -0.2) is 9.79 Å². The Morgan fingerprint density at radius 2 is 1.95 bits per heavy atom. The van der Waals surface area contributed by atoms with Crippen LogP contribution in [0.4, 0.5) is 5.82 Å². The highest BCUT2D eigenvalue weighted by atomic mass is 16.2. The average Bonchev–Trinajstić information content (AvgIpc) is 2.48. The molecular weight excluding hydrogens is 272 g/mol. The van der Waals surface area contributed by atoms with Crippen molar-refractivity contribution in [2.75, 3.05) is 0 Å². The number of ketones is 1. The Morgan fingerprint density at radius 1 is 1.24 bits per heavy atom. The van der Waals surface area contributed by atoms with Crippen molar-refractivity contribution < 1.29 is 4.79 Å². The highest BCUT2D eigenvalue weighted by Crippen LogP contribution is 2.25. The van der Waals surface area contributed by atoms with Crippen LogP contribution in [0.2, 0.25) is 0 Å². The molecule has 2 aliphatic rings. The molecule has 0 bridgehead atoms. The number of carbonyl (C=O) groups is 1. The second-order valence-corrected chi connectivity index (χ2v) is 5.08. The Bertz CT molecular complexity index is 867. The number of hydrogen-bond donors (Lipinski definition) is 0. The minimum atomic E-state index is -0.418. The zero-order chi connectivity index (χ0) is 15.3. The van der Waals surface area contributed by atoms with Gasteiger partial charge in [-0.05, 0) is 19.1 Å². The van der Waals surface area contributed by atoms with Crippen molar-refractivity contribution in [3.05, 3.63) is 50.3 Å². The third kappa shape index (κ3) is 1.89. The first kappa shape index (κ1) is 13.3. The van der Waals surface area contributed by atoms with Gasteiger partial charge in [0.2, 0.25) is 0 Å². The fourth-order valence-corrected chi connectivity index (χ4v) is 2.43. The first-order valence-electron chi connectivity index (χ1n) is 6.45. The van der Waals surface area contributed by atoms with Gasteiger partial charge in [-0.15, -0.1) is 0 Å². The summed E-state index contributed by atoms with van der Waals surface area (Å²) in [6.07, 6.45) is 5.08. The van der Waals surface area contributed by atoms with Crippen LogP contribution in [-0.4, -0.2) is 25.7 Å². The number of amidine groups is 1. The molecule has 3 rings (SSSR count). The highest BCUT2D eigenvalue weighted by Gasteiger charge is 2.25. The second-order valence-electron chi connectivity index (χ2n) is 5.08. The van der Waals surface area contributed by atoms with Gasteiger partial charge in [0.05, 0.1) is 12.1 Å². The number of rotatable bonds is 1. The van der Waals surface area contributed by atoms with E-state index in [4.69, 9.17) is 0 Å². The number of carbonyl (C=O) groups excluding carboxylic acids is 1. The number of nitrogens with zero attached hydrogens (tertiary/aromatic N) is 4. The molecule has 0 radical (unpaired) electrons. The van der Waals surface area contributed by atoms with Crippen LogP contribution < -0.4 is 11.2 Å². The van der Waals surface area contributed by atoms with Gasteiger partial charge in [-0.1, -0.05) is 0 Å². The van der Waals surface area contributed by atoms with Gasteiger partial charge in [0.1, 0.15) is 11.7 Å². The van der Waals surface area contributed by atoms with Gasteiger partial charge in [-0.3, -0.25) is 18.7 Å². The van der Waals surface area contributed by atoms with Crippen molar-refractivity contribution >= 4 is 17.4 Å². The minimum absolute atomic E-state index is 0.0581. The van der Waals surface area contributed by atoms with Gasteiger partial charge in [0.15, 0.2) is 5.78 Å². The van der Waals surface area contributed by atoms with Crippen molar-refractivity contribution in [1.29, 1.82) is 0 Å². The van der Waals surface area contributed by atoms with Crippen molar-refractivity contribution in [2.24, 2.45) is 19.1 Å². The molecule has 1 aromatic rings. The molecule has 0 spiro atoms. The Kier molecular flexibility index (Phi) is 2.79. The van der Waals surface area contributed by atoms with E-state index in [9.17, 15) is 14.4 Å².